The normalized spacial score (nSPS) is 4.20. The molecule has 0 bridgehead atoms. The van der Waals surface area contributed by atoms with Crippen LogP contribution in [0.2, 0.25) is 0 Å². The summed E-state index contributed by atoms with van der Waals surface area (Å²) in [4.78, 5) is 7.04. The molecule has 0 aliphatic rings. The molecule has 1 atom stereocenters. The van der Waals surface area contributed by atoms with Crippen LogP contribution >= 0.6 is 8.69 Å². The molecule has 0 amide bonds. The Morgan fingerprint density at radius 1 is 1.60 bits per heavy atom. The van der Waals surface area contributed by atoms with Crippen molar-refractivity contribution < 1.29 is 61.5 Å². The summed E-state index contributed by atoms with van der Waals surface area (Å²) in [5, 5.41) is 0. The van der Waals surface area contributed by atoms with Gasteiger partial charge in [0.05, 0.1) is 0 Å². The van der Waals surface area contributed by atoms with Crippen molar-refractivity contribution in [2.75, 3.05) is 0 Å². The first kappa shape index (κ1) is 15.8. The van der Waals surface area contributed by atoms with Crippen molar-refractivity contribution in [1.82, 2.24) is 0 Å². The second-order valence-electron chi connectivity index (χ2n) is 0.0913. The van der Waals surface area contributed by atoms with Crippen LogP contribution in [0.4, 0.5) is 0 Å². The molecule has 0 saturated carbocycles. The average molecular weight is 335 g/mol. The summed E-state index contributed by atoms with van der Waals surface area (Å²) in [5.74, 6) is 0. The molecule has 2 nitrogen and oxygen atoms in total. The maximum absolute atomic E-state index is 8.51. The third kappa shape index (κ3) is 25.7. The topological polar surface area (TPSA) is 37.3 Å². The minimum atomic E-state index is -1.17. The van der Waals surface area contributed by atoms with E-state index in [1.54, 1.807) is 0 Å². The Morgan fingerprint density at radius 3 is 1.60 bits per heavy atom. The Hall–Kier alpha value is 1.81. The van der Waals surface area contributed by atoms with Crippen LogP contribution in [-0.2, 0) is 56.6 Å². The van der Waals surface area contributed by atoms with Gasteiger partial charge in [-0.2, -0.15) is 4.89 Å². The molecule has 0 aliphatic carbocycles. The molecule has 0 rings (SSSR count). The maximum atomic E-state index is 8.51. The average Bonchev–Trinajstić information content (AvgIpc) is 0.918. The van der Waals surface area contributed by atoms with E-state index in [-0.39, 0.29) is 52.0 Å². The van der Waals surface area contributed by atoms with E-state index < -0.39 is 8.69 Å². The molecule has 0 radical (unpaired) electrons. The zero-order chi connectivity index (χ0) is 2.71. The van der Waals surface area contributed by atoms with Gasteiger partial charge in [-0.1, -0.05) is 0 Å². The van der Waals surface area contributed by atoms with Crippen LogP contribution in [0.25, 0.3) is 0 Å². The van der Waals surface area contributed by atoms with E-state index in [1.165, 1.54) is 0 Å². The molecule has 0 aliphatic heterocycles. The van der Waals surface area contributed by atoms with Gasteiger partial charge in [0.1, 0.15) is 0 Å². The van der Waals surface area contributed by atoms with Crippen molar-refractivity contribution in [3.05, 3.63) is 0 Å². The molecular weight excluding hydrogens is 333 g/mol. The van der Waals surface area contributed by atoms with Gasteiger partial charge in [0.15, 0.2) is 0 Å². The van der Waals surface area contributed by atoms with E-state index in [4.69, 9.17) is 9.46 Å². The number of hydrogen-bond acceptors (Lipinski definition) is 1. The largest absolute Gasteiger partial charge is 0.491 e. The fraction of sp³-hybridized carbons (Fsp3) is 0. The zero-order valence-corrected chi connectivity index (χ0v) is 9.41. The van der Waals surface area contributed by atoms with Gasteiger partial charge < -0.3 is 0 Å². The van der Waals surface area contributed by atoms with Gasteiger partial charge in [0.25, 0.3) is 0 Å². The van der Waals surface area contributed by atoms with Gasteiger partial charge >= 0.3 is 8.69 Å². The van der Waals surface area contributed by atoms with Crippen molar-refractivity contribution in [3.63, 3.8) is 0 Å². The van der Waals surface area contributed by atoms with Crippen molar-refractivity contribution in [1.29, 1.82) is 0 Å². The van der Waals surface area contributed by atoms with Gasteiger partial charge in [0, 0.05) is 52.0 Å². The SMILES string of the molecule is O=[PH+]O.[Hf].[Zr]. The summed E-state index contributed by atoms with van der Waals surface area (Å²) in [5.41, 5.74) is 0. The first-order valence-corrected chi connectivity index (χ1v) is 1.28. The van der Waals surface area contributed by atoms with Crippen LogP contribution in [0.15, 0.2) is 0 Å². The molecule has 1 unspecified atom stereocenters. The molecule has 0 aromatic rings. The van der Waals surface area contributed by atoms with E-state index in [9.17, 15) is 0 Å². The smallest absolute Gasteiger partial charge is 0.162 e. The Balaban J connectivity index is -0.0000000200. The summed E-state index contributed by atoms with van der Waals surface area (Å²) in [7, 11) is -1.17. The zero-order valence-electron chi connectivity index (χ0n) is 2.36. The van der Waals surface area contributed by atoms with E-state index >= 15 is 0 Å². The Kier molecular flexibility index (Phi) is 53.9. The summed E-state index contributed by atoms with van der Waals surface area (Å²) in [6.07, 6.45) is 0. The van der Waals surface area contributed by atoms with Gasteiger partial charge in [-0.05, 0) is 4.57 Å². The molecule has 5 heavy (non-hydrogen) atoms. The van der Waals surface area contributed by atoms with Crippen LogP contribution in [0.3, 0.4) is 0 Å². The van der Waals surface area contributed by atoms with Crippen molar-refractivity contribution in [2.24, 2.45) is 0 Å². The van der Waals surface area contributed by atoms with E-state index in [0.717, 1.165) is 0 Å². The fourth-order valence-corrected chi connectivity index (χ4v) is 0. The Bertz CT molecular complexity index is 17.1. The van der Waals surface area contributed by atoms with E-state index in [2.05, 4.69) is 0 Å². The molecule has 0 spiro atoms. The third-order valence-electron chi connectivity index (χ3n) is 0. The summed E-state index contributed by atoms with van der Waals surface area (Å²) in [6.45, 7) is 0. The standard InChI is InChI=1S/Hf.HO2P.Zr/c;1-3-2;/h;3H;/p+1. The number of rotatable bonds is 0. The van der Waals surface area contributed by atoms with Crippen LogP contribution in [0.1, 0.15) is 0 Å². The quantitative estimate of drug-likeness (QED) is 0.497. The summed E-state index contributed by atoms with van der Waals surface area (Å²) >= 11 is 0. The van der Waals surface area contributed by atoms with Crippen LogP contribution < -0.4 is 0 Å². The van der Waals surface area contributed by atoms with Crippen LogP contribution in [0, 0.1) is 0 Å². The molecule has 0 heterocycles. The molecular formula is H2HfO2PZr+. The van der Waals surface area contributed by atoms with Crippen molar-refractivity contribution in [3.8, 4) is 0 Å². The monoisotopic (exact) mass is 335 g/mol. The van der Waals surface area contributed by atoms with Gasteiger partial charge in [-0.3, -0.25) is 0 Å². The van der Waals surface area contributed by atoms with Crippen molar-refractivity contribution in [2.45, 2.75) is 0 Å². The molecule has 0 saturated heterocycles. The van der Waals surface area contributed by atoms with Gasteiger partial charge in [0.2, 0.25) is 0 Å². The number of hydrogen-bond donors (Lipinski definition) is 1. The predicted octanol–water partition coefficient (Wildman–Crippen LogP) is -0.0873. The molecule has 0 fully saturated rings. The van der Waals surface area contributed by atoms with Crippen LogP contribution in [-0.4, -0.2) is 4.89 Å². The minimum absolute atomic E-state index is 0. The second-order valence-corrected chi connectivity index (χ2v) is 0.274. The first-order chi connectivity index (χ1) is 1.41. The minimum Gasteiger partial charge on any atom is -0.162 e. The first-order valence-electron chi connectivity index (χ1n) is 0.428. The Labute approximate surface area is 69.5 Å². The molecule has 0 aromatic heterocycles. The Morgan fingerprint density at radius 2 is 1.60 bits per heavy atom. The van der Waals surface area contributed by atoms with Gasteiger partial charge in [-0.25, -0.2) is 0 Å². The van der Waals surface area contributed by atoms with E-state index in [0.29, 0.717) is 0 Å². The third-order valence-corrected chi connectivity index (χ3v) is 0. The second kappa shape index (κ2) is 17.0. The van der Waals surface area contributed by atoms with E-state index in [1.807, 2.05) is 0 Å². The fourth-order valence-electron chi connectivity index (χ4n) is 0. The molecule has 26 valence electrons. The summed E-state index contributed by atoms with van der Waals surface area (Å²) in [6, 6.07) is 0. The molecule has 0 aromatic carbocycles. The molecule has 1 N–H and O–H groups in total. The molecule has 5 heteroatoms. The predicted molar refractivity (Wildman–Crippen MR) is 11.2 cm³/mol. The van der Waals surface area contributed by atoms with Gasteiger partial charge in [-0.15, -0.1) is 0 Å². The maximum Gasteiger partial charge on any atom is 0.491 e. The van der Waals surface area contributed by atoms with Crippen molar-refractivity contribution >= 4 is 8.69 Å². The van der Waals surface area contributed by atoms with Crippen LogP contribution in [0.5, 0.6) is 0 Å². The summed E-state index contributed by atoms with van der Waals surface area (Å²) < 4.78 is 8.51.